The van der Waals surface area contributed by atoms with E-state index in [-0.39, 0.29) is 0 Å². The van der Waals surface area contributed by atoms with Crippen LogP contribution in [-0.4, -0.2) is 55.2 Å². The topological polar surface area (TPSA) is 51.1 Å². The summed E-state index contributed by atoms with van der Waals surface area (Å²) in [6.07, 6.45) is 4.02. The molecule has 2 aliphatic rings. The van der Waals surface area contributed by atoms with E-state index < -0.39 is 0 Å². The Hall–Kier alpha value is -1.91. The molecule has 1 aliphatic heterocycles. The van der Waals surface area contributed by atoms with E-state index in [9.17, 15) is 5.11 Å². The highest BCUT2D eigenvalue weighted by Crippen LogP contribution is 2.32. The summed E-state index contributed by atoms with van der Waals surface area (Å²) < 4.78 is 0. The second kappa shape index (κ2) is 7.57. The summed E-state index contributed by atoms with van der Waals surface area (Å²) >= 11 is 0. The minimum absolute atomic E-state index is 0.367. The number of piperazine rings is 1. The standard InChI is InChI=1S/C18H28N4O/c1-2-19-18(20-10-9-15-7-8-15)22-13-11-21(12-14-22)16-5-3-4-6-17(16)23/h3-6,15,23H,2,7-14H2,1H3,(H,19,20). The van der Waals surface area contributed by atoms with Crippen molar-refractivity contribution in [3.63, 3.8) is 0 Å². The van der Waals surface area contributed by atoms with Crippen LogP contribution in [0.15, 0.2) is 29.3 Å². The Bertz CT molecular complexity index is 534. The minimum Gasteiger partial charge on any atom is -0.506 e. The van der Waals surface area contributed by atoms with Gasteiger partial charge in [-0.3, -0.25) is 4.99 Å². The molecule has 0 unspecified atom stereocenters. The molecule has 0 atom stereocenters. The molecule has 1 aromatic carbocycles. The van der Waals surface area contributed by atoms with E-state index in [1.54, 1.807) is 6.07 Å². The van der Waals surface area contributed by atoms with Crippen molar-refractivity contribution in [2.75, 3.05) is 44.2 Å². The number of rotatable bonds is 5. The van der Waals surface area contributed by atoms with Gasteiger partial charge in [0, 0.05) is 39.3 Å². The predicted molar refractivity (Wildman–Crippen MR) is 95.2 cm³/mol. The molecule has 2 fully saturated rings. The molecule has 1 heterocycles. The minimum atomic E-state index is 0.367. The van der Waals surface area contributed by atoms with Crippen LogP contribution < -0.4 is 10.2 Å². The maximum Gasteiger partial charge on any atom is 0.194 e. The van der Waals surface area contributed by atoms with Crippen LogP contribution in [0.5, 0.6) is 5.75 Å². The summed E-state index contributed by atoms with van der Waals surface area (Å²) in [5, 5.41) is 13.4. The average Bonchev–Trinajstić information content (AvgIpc) is 3.39. The molecule has 5 heteroatoms. The number of hydrogen-bond donors (Lipinski definition) is 2. The number of aromatic hydroxyl groups is 1. The van der Waals surface area contributed by atoms with Gasteiger partial charge in [0.15, 0.2) is 5.96 Å². The second-order valence-electron chi connectivity index (χ2n) is 6.43. The van der Waals surface area contributed by atoms with Gasteiger partial charge in [-0.15, -0.1) is 0 Å². The van der Waals surface area contributed by atoms with Crippen molar-refractivity contribution >= 4 is 11.6 Å². The quantitative estimate of drug-likeness (QED) is 0.646. The molecule has 0 radical (unpaired) electrons. The van der Waals surface area contributed by atoms with Crippen molar-refractivity contribution in [2.24, 2.45) is 10.9 Å². The predicted octanol–water partition coefficient (Wildman–Crippen LogP) is 2.28. The van der Waals surface area contributed by atoms with Gasteiger partial charge in [0.1, 0.15) is 5.75 Å². The third kappa shape index (κ3) is 4.30. The third-order valence-electron chi connectivity index (χ3n) is 4.63. The van der Waals surface area contributed by atoms with E-state index >= 15 is 0 Å². The average molecular weight is 316 g/mol. The van der Waals surface area contributed by atoms with E-state index in [4.69, 9.17) is 4.99 Å². The number of anilines is 1. The molecule has 126 valence electrons. The second-order valence-corrected chi connectivity index (χ2v) is 6.43. The molecule has 1 saturated carbocycles. The Labute approximate surface area is 139 Å². The van der Waals surface area contributed by atoms with Crippen LogP contribution >= 0.6 is 0 Å². The number of benzene rings is 1. The van der Waals surface area contributed by atoms with E-state index in [1.165, 1.54) is 19.3 Å². The summed E-state index contributed by atoms with van der Waals surface area (Å²) in [5.74, 6) is 2.34. The third-order valence-corrected chi connectivity index (χ3v) is 4.63. The fraction of sp³-hybridized carbons (Fsp3) is 0.611. The molecule has 0 amide bonds. The maximum atomic E-state index is 10.0. The van der Waals surface area contributed by atoms with Gasteiger partial charge in [-0.1, -0.05) is 25.0 Å². The van der Waals surface area contributed by atoms with Gasteiger partial charge in [-0.2, -0.15) is 0 Å². The number of para-hydroxylation sites is 2. The van der Waals surface area contributed by atoms with Crippen molar-refractivity contribution in [3.8, 4) is 5.75 Å². The number of phenolic OH excluding ortho intramolecular Hbond substituents is 1. The Morgan fingerprint density at radius 2 is 1.96 bits per heavy atom. The number of guanidine groups is 1. The van der Waals surface area contributed by atoms with Crippen LogP contribution in [0.4, 0.5) is 5.69 Å². The molecule has 1 aromatic rings. The van der Waals surface area contributed by atoms with Gasteiger partial charge >= 0.3 is 0 Å². The molecule has 0 bridgehead atoms. The van der Waals surface area contributed by atoms with E-state index in [1.807, 2.05) is 18.2 Å². The molecule has 0 spiro atoms. The number of phenols is 1. The molecule has 23 heavy (non-hydrogen) atoms. The summed E-state index contributed by atoms with van der Waals surface area (Å²) in [4.78, 5) is 9.39. The Balaban J connectivity index is 1.56. The zero-order valence-corrected chi connectivity index (χ0v) is 14.0. The summed E-state index contributed by atoms with van der Waals surface area (Å²) in [7, 11) is 0. The number of nitrogens with one attached hydrogen (secondary N) is 1. The lowest BCUT2D eigenvalue weighted by atomic mass is 10.2. The lowest BCUT2D eigenvalue weighted by Gasteiger charge is -2.37. The first kappa shape index (κ1) is 16.0. The Kier molecular flexibility index (Phi) is 5.26. The largest absolute Gasteiger partial charge is 0.506 e. The monoisotopic (exact) mass is 316 g/mol. The molecular formula is C18H28N4O. The Morgan fingerprint density at radius 1 is 1.22 bits per heavy atom. The van der Waals surface area contributed by atoms with Crippen LogP contribution in [-0.2, 0) is 0 Å². The van der Waals surface area contributed by atoms with Gasteiger partial charge in [0.2, 0.25) is 0 Å². The fourth-order valence-electron chi connectivity index (χ4n) is 3.08. The van der Waals surface area contributed by atoms with Crippen LogP contribution in [0.1, 0.15) is 26.2 Å². The molecule has 1 aliphatic carbocycles. The van der Waals surface area contributed by atoms with Gasteiger partial charge < -0.3 is 20.2 Å². The highest BCUT2D eigenvalue weighted by Gasteiger charge is 2.22. The molecule has 0 aromatic heterocycles. The van der Waals surface area contributed by atoms with E-state index in [0.29, 0.717) is 5.75 Å². The number of hydrogen-bond acceptors (Lipinski definition) is 3. The summed E-state index contributed by atoms with van der Waals surface area (Å²) in [6.45, 7) is 7.64. The zero-order valence-electron chi connectivity index (χ0n) is 14.0. The van der Waals surface area contributed by atoms with Crippen molar-refractivity contribution < 1.29 is 5.11 Å². The first-order valence-electron chi connectivity index (χ1n) is 8.84. The van der Waals surface area contributed by atoms with Gasteiger partial charge in [0.25, 0.3) is 0 Å². The van der Waals surface area contributed by atoms with Crippen molar-refractivity contribution in [1.29, 1.82) is 0 Å². The van der Waals surface area contributed by atoms with E-state index in [2.05, 4.69) is 22.0 Å². The van der Waals surface area contributed by atoms with Crippen molar-refractivity contribution in [1.82, 2.24) is 10.2 Å². The first-order valence-corrected chi connectivity index (χ1v) is 8.84. The fourth-order valence-corrected chi connectivity index (χ4v) is 3.08. The van der Waals surface area contributed by atoms with Gasteiger partial charge in [-0.25, -0.2) is 0 Å². The molecule has 2 N–H and O–H groups in total. The van der Waals surface area contributed by atoms with Crippen molar-refractivity contribution in [3.05, 3.63) is 24.3 Å². The zero-order chi connectivity index (χ0) is 16.1. The van der Waals surface area contributed by atoms with Gasteiger partial charge in [-0.05, 0) is 31.4 Å². The van der Waals surface area contributed by atoms with Gasteiger partial charge in [0.05, 0.1) is 5.69 Å². The molecular weight excluding hydrogens is 288 g/mol. The normalized spacial score (nSPS) is 19.1. The smallest absolute Gasteiger partial charge is 0.194 e. The highest BCUT2D eigenvalue weighted by molar-refractivity contribution is 5.80. The number of nitrogens with zero attached hydrogens (tertiary/aromatic N) is 3. The Morgan fingerprint density at radius 3 is 2.61 bits per heavy atom. The molecule has 1 saturated heterocycles. The lowest BCUT2D eigenvalue weighted by molar-refractivity contribution is 0.369. The van der Waals surface area contributed by atoms with Crippen LogP contribution in [0.2, 0.25) is 0 Å². The van der Waals surface area contributed by atoms with Crippen molar-refractivity contribution in [2.45, 2.75) is 26.2 Å². The maximum absolute atomic E-state index is 10.0. The summed E-state index contributed by atoms with van der Waals surface area (Å²) in [5.41, 5.74) is 0.933. The molecule has 3 rings (SSSR count). The molecule has 5 nitrogen and oxygen atoms in total. The van der Waals surface area contributed by atoms with Crippen LogP contribution in [0, 0.1) is 5.92 Å². The summed E-state index contributed by atoms with van der Waals surface area (Å²) in [6, 6.07) is 7.58. The van der Waals surface area contributed by atoms with E-state index in [0.717, 1.165) is 56.8 Å². The highest BCUT2D eigenvalue weighted by atomic mass is 16.3. The lowest BCUT2D eigenvalue weighted by Crippen LogP contribution is -2.52. The first-order chi connectivity index (χ1) is 11.3. The van der Waals surface area contributed by atoms with Crippen LogP contribution in [0.3, 0.4) is 0 Å². The SMILES string of the molecule is CCNC(=NCCC1CC1)N1CCN(c2ccccc2O)CC1. The van der Waals surface area contributed by atoms with Crippen LogP contribution in [0.25, 0.3) is 0 Å². The number of aliphatic imine (C=N–C) groups is 1.